The van der Waals surface area contributed by atoms with E-state index < -0.39 is 29.7 Å². The van der Waals surface area contributed by atoms with Crippen LogP contribution in [-0.4, -0.2) is 28.9 Å². The van der Waals surface area contributed by atoms with Crippen LogP contribution in [0.1, 0.15) is 0 Å². The normalized spacial score (nSPS) is 12.6. The molecular formula is C9H13FNO5PS. The first-order chi connectivity index (χ1) is 8.33. The van der Waals surface area contributed by atoms with Gasteiger partial charge in [-0.1, -0.05) is 0 Å². The summed E-state index contributed by atoms with van der Waals surface area (Å²) in [6, 6.07) is 4.23. The van der Waals surface area contributed by atoms with E-state index in [2.05, 4.69) is 13.8 Å². The molecule has 0 aliphatic carbocycles. The average molecular weight is 297 g/mol. The van der Waals surface area contributed by atoms with Crippen molar-refractivity contribution in [1.82, 2.24) is 4.72 Å². The van der Waals surface area contributed by atoms with Crippen LogP contribution >= 0.6 is 7.60 Å². The maximum atomic E-state index is 12.7. The standard InChI is InChI=1S/C9H13FNO5PS/c1-15-17(12,16-2)7-11-18(13,14)9-5-3-8(10)4-6-9/h3-6,11H,7H2,1-2H3. The second kappa shape index (κ2) is 5.90. The highest BCUT2D eigenvalue weighted by molar-refractivity contribution is 7.89. The van der Waals surface area contributed by atoms with Crippen LogP contribution in [0.25, 0.3) is 0 Å². The fourth-order valence-electron chi connectivity index (χ4n) is 1.06. The first-order valence-corrected chi connectivity index (χ1v) is 8.00. The van der Waals surface area contributed by atoms with E-state index in [1.165, 1.54) is 0 Å². The Kier molecular flexibility index (Phi) is 5.01. The minimum absolute atomic E-state index is 0.136. The summed E-state index contributed by atoms with van der Waals surface area (Å²) in [5.41, 5.74) is 0. The van der Waals surface area contributed by atoms with Gasteiger partial charge in [0.2, 0.25) is 10.0 Å². The molecule has 9 heteroatoms. The van der Waals surface area contributed by atoms with Gasteiger partial charge in [-0.3, -0.25) is 4.57 Å². The first-order valence-electron chi connectivity index (χ1n) is 4.79. The Hall–Kier alpha value is -0.790. The fraction of sp³-hybridized carbons (Fsp3) is 0.333. The van der Waals surface area contributed by atoms with Crippen molar-refractivity contribution in [1.29, 1.82) is 0 Å². The molecule has 0 unspecified atom stereocenters. The molecule has 1 N–H and O–H groups in total. The molecule has 0 atom stereocenters. The van der Waals surface area contributed by atoms with E-state index in [0.29, 0.717) is 0 Å². The monoisotopic (exact) mass is 297 g/mol. The lowest BCUT2D eigenvalue weighted by Crippen LogP contribution is -2.25. The Morgan fingerprint density at radius 3 is 2.17 bits per heavy atom. The van der Waals surface area contributed by atoms with Crippen molar-refractivity contribution in [2.24, 2.45) is 0 Å². The smallest absolute Gasteiger partial charge is 0.311 e. The summed E-state index contributed by atoms with van der Waals surface area (Å²) in [4.78, 5) is -0.136. The summed E-state index contributed by atoms with van der Waals surface area (Å²) < 4.78 is 59.1. The molecule has 0 radical (unpaired) electrons. The van der Waals surface area contributed by atoms with Crippen molar-refractivity contribution in [3.05, 3.63) is 30.1 Å². The van der Waals surface area contributed by atoms with Gasteiger partial charge < -0.3 is 9.05 Å². The SMILES string of the molecule is COP(=O)(CNS(=O)(=O)c1ccc(F)cc1)OC. The van der Waals surface area contributed by atoms with Gasteiger partial charge in [0.05, 0.1) is 4.90 Å². The zero-order valence-electron chi connectivity index (χ0n) is 9.79. The Balaban J connectivity index is 2.83. The lowest BCUT2D eigenvalue weighted by molar-refractivity contribution is 0.275. The zero-order chi connectivity index (χ0) is 13.8. The number of rotatable bonds is 6. The summed E-state index contributed by atoms with van der Waals surface area (Å²) in [7, 11) is -5.05. The molecule has 1 rings (SSSR count). The van der Waals surface area contributed by atoms with Crippen molar-refractivity contribution in [3.8, 4) is 0 Å². The third-order valence-electron chi connectivity index (χ3n) is 2.13. The Labute approximate surface area is 105 Å². The summed E-state index contributed by atoms with van der Waals surface area (Å²) in [6.45, 7) is 0. The van der Waals surface area contributed by atoms with Gasteiger partial charge in [-0.2, -0.15) is 4.72 Å². The lowest BCUT2D eigenvalue weighted by Gasteiger charge is -2.14. The molecule has 0 heterocycles. The van der Waals surface area contributed by atoms with Gasteiger partial charge in [0, 0.05) is 14.2 Å². The lowest BCUT2D eigenvalue weighted by atomic mass is 10.4. The highest BCUT2D eigenvalue weighted by Gasteiger charge is 2.25. The maximum Gasteiger partial charge on any atom is 0.344 e. The minimum Gasteiger partial charge on any atom is -0.311 e. The Morgan fingerprint density at radius 2 is 1.72 bits per heavy atom. The number of hydrogen-bond donors (Lipinski definition) is 1. The quantitative estimate of drug-likeness (QED) is 0.806. The van der Waals surface area contributed by atoms with Crippen LogP contribution in [0, 0.1) is 5.82 Å². The predicted molar refractivity (Wildman–Crippen MR) is 63.2 cm³/mol. The molecular weight excluding hydrogens is 284 g/mol. The highest BCUT2D eigenvalue weighted by atomic mass is 32.2. The highest BCUT2D eigenvalue weighted by Crippen LogP contribution is 2.45. The molecule has 0 saturated heterocycles. The van der Waals surface area contributed by atoms with Gasteiger partial charge in [0.25, 0.3) is 0 Å². The van der Waals surface area contributed by atoms with E-state index in [1.54, 1.807) is 0 Å². The zero-order valence-corrected chi connectivity index (χ0v) is 11.5. The van der Waals surface area contributed by atoms with Crippen LogP contribution in [0.3, 0.4) is 0 Å². The third kappa shape index (κ3) is 3.86. The summed E-state index contributed by atoms with van der Waals surface area (Å²) >= 11 is 0. The number of benzene rings is 1. The molecule has 18 heavy (non-hydrogen) atoms. The number of sulfonamides is 1. The van der Waals surface area contributed by atoms with E-state index in [4.69, 9.17) is 0 Å². The average Bonchev–Trinajstić information content (AvgIpc) is 2.37. The van der Waals surface area contributed by atoms with E-state index in [1.807, 2.05) is 0 Å². The van der Waals surface area contributed by atoms with Crippen LogP contribution in [0.5, 0.6) is 0 Å². The Bertz CT molecular complexity index is 537. The predicted octanol–water partition coefficient (Wildman–Crippen LogP) is 1.55. The van der Waals surface area contributed by atoms with Crippen molar-refractivity contribution >= 4 is 17.6 Å². The van der Waals surface area contributed by atoms with Gasteiger partial charge in [-0.05, 0) is 24.3 Å². The van der Waals surface area contributed by atoms with Crippen LogP contribution in [-0.2, 0) is 23.6 Å². The molecule has 0 saturated carbocycles. The molecule has 0 fully saturated rings. The van der Waals surface area contributed by atoms with E-state index >= 15 is 0 Å². The van der Waals surface area contributed by atoms with Gasteiger partial charge >= 0.3 is 7.60 Å². The summed E-state index contributed by atoms with van der Waals surface area (Å²) in [5.74, 6) is -0.548. The number of hydrogen-bond acceptors (Lipinski definition) is 5. The second-order valence-corrected chi connectivity index (χ2v) is 7.27. The molecule has 0 aliphatic rings. The molecule has 1 aromatic carbocycles. The molecule has 102 valence electrons. The van der Waals surface area contributed by atoms with Crippen molar-refractivity contribution in [3.63, 3.8) is 0 Å². The molecule has 0 aromatic heterocycles. The van der Waals surface area contributed by atoms with Crippen LogP contribution in [0.4, 0.5) is 4.39 Å². The molecule has 0 amide bonds. The molecule has 0 spiro atoms. The maximum absolute atomic E-state index is 12.7. The van der Waals surface area contributed by atoms with Crippen LogP contribution in [0.2, 0.25) is 0 Å². The van der Waals surface area contributed by atoms with Gasteiger partial charge in [0.1, 0.15) is 12.1 Å². The van der Waals surface area contributed by atoms with E-state index in [-0.39, 0.29) is 4.90 Å². The van der Waals surface area contributed by atoms with Crippen LogP contribution < -0.4 is 4.72 Å². The fourth-order valence-corrected chi connectivity index (χ4v) is 3.45. The van der Waals surface area contributed by atoms with Crippen molar-refractivity contribution in [2.75, 3.05) is 20.5 Å². The van der Waals surface area contributed by atoms with E-state index in [9.17, 15) is 17.4 Å². The van der Waals surface area contributed by atoms with E-state index in [0.717, 1.165) is 38.5 Å². The van der Waals surface area contributed by atoms with Gasteiger partial charge in [-0.25, -0.2) is 12.8 Å². The van der Waals surface area contributed by atoms with Gasteiger partial charge in [-0.15, -0.1) is 0 Å². The second-order valence-electron chi connectivity index (χ2n) is 3.24. The molecule has 1 aromatic rings. The molecule has 6 nitrogen and oxygen atoms in total. The molecule has 0 aliphatic heterocycles. The first kappa shape index (κ1) is 15.3. The minimum atomic E-state index is -3.88. The number of halogens is 1. The molecule has 0 bridgehead atoms. The summed E-state index contributed by atoms with van der Waals surface area (Å²) in [6.07, 6.45) is -0.500. The third-order valence-corrected chi connectivity index (χ3v) is 5.42. The Morgan fingerprint density at radius 1 is 1.22 bits per heavy atom. The topological polar surface area (TPSA) is 81.7 Å². The van der Waals surface area contributed by atoms with Crippen molar-refractivity contribution < 1.29 is 26.4 Å². The summed E-state index contributed by atoms with van der Waals surface area (Å²) in [5, 5.41) is 0. The number of nitrogens with one attached hydrogen (secondary N) is 1. The van der Waals surface area contributed by atoms with Crippen molar-refractivity contribution in [2.45, 2.75) is 4.90 Å². The largest absolute Gasteiger partial charge is 0.344 e. The van der Waals surface area contributed by atoms with Gasteiger partial charge in [0.15, 0.2) is 0 Å². The van der Waals surface area contributed by atoms with Crippen LogP contribution in [0.15, 0.2) is 29.2 Å².